The highest BCUT2D eigenvalue weighted by Gasteiger charge is 2.28. The molecule has 5 N–H and O–H groups in total. The Morgan fingerprint density at radius 3 is 2.50 bits per heavy atom. The lowest BCUT2D eigenvalue weighted by atomic mass is 9.95. The number of hydrogen-bond acceptors (Lipinski definition) is 2. The first-order valence-electron chi connectivity index (χ1n) is 5.78. The molecule has 0 bridgehead atoms. The molecule has 7 heteroatoms. The zero-order chi connectivity index (χ0) is 14.0. The quantitative estimate of drug-likeness (QED) is 0.713. The van der Waals surface area contributed by atoms with Crippen molar-refractivity contribution in [2.45, 2.75) is 13.0 Å². The number of amides is 1. The van der Waals surface area contributed by atoms with E-state index < -0.39 is 0 Å². The van der Waals surface area contributed by atoms with E-state index >= 15 is 0 Å². The number of likely N-dealkylation sites (N-methyl/N-ethyl adjacent to an activating group) is 1. The average Bonchev–Trinajstić information content (AvgIpc) is 2.38. The fraction of sp³-hybridized carbons (Fsp3) is 0.231. The second-order valence-corrected chi connectivity index (χ2v) is 5.05. The van der Waals surface area contributed by atoms with Crippen molar-refractivity contribution < 1.29 is 10.3 Å². The third kappa shape index (κ3) is 3.27. The highest BCUT2D eigenvalue weighted by molar-refractivity contribution is 7.80. The maximum absolute atomic E-state index is 12.0. The summed E-state index contributed by atoms with van der Waals surface area (Å²) in [6.45, 7) is 1.83. The molecule has 1 heterocycles. The molecule has 0 fully saturated rings. The molecule has 0 aromatic heterocycles. The zero-order valence-corrected chi connectivity index (χ0v) is 12.7. The van der Waals surface area contributed by atoms with Crippen molar-refractivity contribution in [3.8, 4) is 0 Å². The summed E-state index contributed by atoms with van der Waals surface area (Å²) in [5.74, 6) is -0.139. The topological polar surface area (TPSA) is 84.7 Å². The minimum Gasteiger partial charge on any atom is -0.412 e. The largest absolute Gasteiger partial charge is 0.412 e. The SMILES string of the molecule is CNC(=O)C1=C(C)NC(=S)N[C@@H]1c1ccc(Cl)cc1.O. The summed E-state index contributed by atoms with van der Waals surface area (Å²) in [7, 11) is 1.61. The van der Waals surface area contributed by atoms with Crippen LogP contribution in [0.1, 0.15) is 18.5 Å². The van der Waals surface area contributed by atoms with Gasteiger partial charge >= 0.3 is 0 Å². The first-order valence-corrected chi connectivity index (χ1v) is 6.57. The van der Waals surface area contributed by atoms with Gasteiger partial charge in [-0.15, -0.1) is 0 Å². The van der Waals surface area contributed by atoms with Crippen molar-refractivity contribution in [3.05, 3.63) is 46.1 Å². The molecule has 1 amide bonds. The van der Waals surface area contributed by atoms with E-state index in [1.54, 1.807) is 19.2 Å². The van der Waals surface area contributed by atoms with E-state index in [0.717, 1.165) is 11.3 Å². The fourth-order valence-electron chi connectivity index (χ4n) is 2.03. The van der Waals surface area contributed by atoms with Gasteiger partial charge < -0.3 is 21.4 Å². The van der Waals surface area contributed by atoms with Crippen molar-refractivity contribution >= 4 is 34.8 Å². The first kappa shape index (κ1) is 16.4. The third-order valence-corrected chi connectivity index (χ3v) is 3.42. The van der Waals surface area contributed by atoms with Gasteiger partial charge in [-0.25, -0.2) is 0 Å². The van der Waals surface area contributed by atoms with Crippen LogP contribution in [0.15, 0.2) is 35.5 Å². The molecule has 1 atom stereocenters. The summed E-state index contributed by atoms with van der Waals surface area (Å²) >= 11 is 11.0. The number of carbonyl (C=O) groups excluding carboxylic acids is 1. The Hall–Kier alpha value is -1.63. The van der Waals surface area contributed by atoms with Crippen molar-refractivity contribution in [3.63, 3.8) is 0 Å². The van der Waals surface area contributed by atoms with Crippen molar-refractivity contribution in [2.75, 3.05) is 7.05 Å². The minimum atomic E-state index is -0.272. The van der Waals surface area contributed by atoms with E-state index in [2.05, 4.69) is 16.0 Å². The smallest absolute Gasteiger partial charge is 0.251 e. The molecule has 1 aromatic rings. The zero-order valence-electron chi connectivity index (χ0n) is 11.1. The lowest BCUT2D eigenvalue weighted by Crippen LogP contribution is -2.46. The molecule has 0 aliphatic carbocycles. The van der Waals surface area contributed by atoms with Crippen LogP contribution < -0.4 is 16.0 Å². The number of halogens is 1. The summed E-state index contributed by atoms with van der Waals surface area (Å²) in [6, 6.07) is 7.07. The lowest BCUT2D eigenvalue weighted by Gasteiger charge is -2.30. The minimum absolute atomic E-state index is 0. The van der Waals surface area contributed by atoms with Gasteiger partial charge in [-0.05, 0) is 36.8 Å². The van der Waals surface area contributed by atoms with Crippen LogP contribution in [-0.4, -0.2) is 23.5 Å². The Bertz CT molecular complexity index is 557. The van der Waals surface area contributed by atoms with Crippen LogP contribution in [0.3, 0.4) is 0 Å². The maximum Gasteiger partial charge on any atom is 0.251 e. The van der Waals surface area contributed by atoms with Crippen LogP contribution >= 0.6 is 23.8 Å². The first-order chi connectivity index (χ1) is 9.02. The molecule has 1 aliphatic rings. The Labute approximate surface area is 127 Å². The van der Waals surface area contributed by atoms with Gasteiger partial charge in [0.15, 0.2) is 5.11 Å². The Morgan fingerprint density at radius 1 is 1.35 bits per heavy atom. The molecule has 0 spiro atoms. The third-order valence-electron chi connectivity index (χ3n) is 2.94. The predicted octanol–water partition coefficient (Wildman–Crippen LogP) is 1.05. The second-order valence-electron chi connectivity index (χ2n) is 4.20. The van der Waals surface area contributed by atoms with E-state index in [0.29, 0.717) is 15.7 Å². The molecule has 2 rings (SSSR count). The monoisotopic (exact) mass is 313 g/mol. The molecule has 0 unspecified atom stereocenters. The maximum atomic E-state index is 12.0. The van der Waals surface area contributed by atoms with Gasteiger partial charge in [0.2, 0.25) is 0 Å². The summed E-state index contributed by atoms with van der Waals surface area (Å²) in [4.78, 5) is 12.0. The van der Waals surface area contributed by atoms with Gasteiger partial charge in [0.1, 0.15) is 0 Å². The average molecular weight is 314 g/mol. The van der Waals surface area contributed by atoms with Gasteiger partial charge in [-0.1, -0.05) is 23.7 Å². The number of thiocarbonyl (C=S) groups is 1. The number of benzene rings is 1. The number of nitrogens with one attached hydrogen (secondary N) is 3. The molecule has 0 radical (unpaired) electrons. The number of allylic oxidation sites excluding steroid dienone is 1. The predicted molar refractivity (Wildman–Crippen MR) is 83.4 cm³/mol. The van der Waals surface area contributed by atoms with Crippen molar-refractivity contribution in [2.24, 2.45) is 0 Å². The van der Waals surface area contributed by atoms with Crippen molar-refractivity contribution in [1.82, 2.24) is 16.0 Å². The number of carbonyl (C=O) groups is 1. The molecule has 0 saturated heterocycles. The number of rotatable bonds is 2. The van der Waals surface area contributed by atoms with Crippen LogP contribution in [-0.2, 0) is 4.79 Å². The molecule has 1 aromatic carbocycles. The molecular weight excluding hydrogens is 298 g/mol. The lowest BCUT2D eigenvalue weighted by molar-refractivity contribution is -0.117. The van der Waals surface area contributed by atoms with Crippen LogP contribution in [0.2, 0.25) is 5.02 Å². The summed E-state index contributed by atoms with van der Waals surface area (Å²) in [5, 5.41) is 9.88. The molecule has 0 saturated carbocycles. The highest BCUT2D eigenvalue weighted by Crippen LogP contribution is 2.27. The molecule has 20 heavy (non-hydrogen) atoms. The summed E-state index contributed by atoms with van der Waals surface area (Å²) in [6.07, 6.45) is 0. The van der Waals surface area contributed by atoms with Crippen molar-refractivity contribution in [1.29, 1.82) is 0 Å². The van der Waals surface area contributed by atoms with E-state index in [4.69, 9.17) is 23.8 Å². The van der Waals surface area contributed by atoms with Gasteiger partial charge in [0.05, 0.1) is 11.6 Å². The molecular formula is C13H16ClN3O2S. The summed E-state index contributed by atoms with van der Waals surface area (Å²) in [5.41, 5.74) is 2.31. The van der Waals surface area contributed by atoms with Gasteiger partial charge in [-0.3, -0.25) is 4.79 Å². The molecule has 108 valence electrons. The molecule has 5 nitrogen and oxygen atoms in total. The summed E-state index contributed by atoms with van der Waals surface area (Å²) < 4.78 is 0. The van der Waals surface area contributed by atoms with Crippen LogP contribution in [0.5, 0.6) is 0 Å². The van der Waals surface area contributed by atoms with Crippen LogP contribution in [0.4, 0.5) is 0 Å². The Balaban J connectivity index is 0.00000200. The van der Waals surface area contributed by atoms with Gasteiger partial charge in [0, 0.05) is 17.8 Å². The fourth-order valence-corrected chi connectivity index (χ4v) is 2.43. The van der Waals surface area contributed by atoms with Gasteiger partial charge in [0.25, 0.3) is 5.91 Å². The Morgan fingerprint density at radius 2 is 1.95 bits per heavy atom. The van der Waals surface area contributed by atoms with Crippen LogP contribution in [0.25, 0.3) is 0 Å². The van der Waals surface area contributed by atoms with Gasteiger partial charge in [-0.2, -0.15) is 0 Å². The van der Waals surface area contributed by atoms with E-state index in [1.807, 2.05) is 19.1 Å². The molecule has 1 aliphatic heterocycles. The normalized spacial score (nSPS) is 17.8. The van der Waals surface area contributed by atoms with E-state index in [1.165, 1.54) is 0 Å². The second kappa shape index (κ2) is 6.69. The highest BCUT2D eigenvalue weighted by atomic mass is 35.5. The Kier molecular flexibility index (Phi) is 5.50. The number of hydrogen-bond donors (Lipinski definition) is 3. The van der Waals surface area contributed by atoms with Crippen LogP contribution in [0, 0.1) is 0 Å². The van der Waals surface area contributed by atoms with E-state index in [-0.39, 0.29) is 17.4 Å². The standard InChI is InChI=1S/C13H14ClN3OS.H2O/c1-7-10(12(18)15-2)11(17-13(19)16-7)8-3-5-9(14)6-4-8;/h3-6,11H,1-2H3,(H,15,18)(H2,16,17,19);1H2/t11-;/m1./s1. The van der Waals surface area contributed by atoms with E-state index in [9.17, 15) is 4.79 Å².